The van der Waals surface area contributed by atoms with Gasteiger partial charge in [0.25, 0.3) is 0 Å². The molecular formula is C11H13F3O3. The third kappa shape index (κ3) is 4.52. The van der Waals surface area contributed by atoms with Crippen LogP contribution in [-0.2, 0) is 6.61 Å². The van der Waals surface area contributed by atoms with Crippen LogP contribution in [0.3, 0.4) is 0 Å². The topological polar surface area (TPSA) is 38.7 Å². The van der Waals surface area contributed by atoms with E-state index in [0.29, 0.717) is 11.3 Å². The predicted octanol–water partition coefficient (Wildman–Crippen LogP) is 2.52. The molecule has 0 aromatic heterocycles. The Morgan fingerprint density at radius 3 is 2.53 bits per heavy atom. The average molecular weight is 250 g/mol. The summed E-state index contributed by atoms with van der Waals surface area (Å²) >= 11 is 0. The van der Waals surface area contributed by atoms with Gasteiger partial charge >= 0.3 is 6.18 Å². The number of halogens is 3. The minimum absolute atomic E-state index is 0.234. The lowest BCUT2D eigenvalue weighted by atomic mass is 10.2. The number of rotatable bonds is 5. The summed E-state index contributed by atoms with van der Waals surface area (Å²) in [5.74, 6) is 0.745. The molecule has 0 heterocycles. The van der Waals surface area contributed by atoms with Gasteiger partial charge < -0.3 is 14.6 Å². The number of aliphatic hydroxyl groups excluding tert-OH is 1. The van der Waals surface area contributed by atoms with Crippen LogP contribution in [0.2, 0.25) is 0 Å². The molecule has 0 radical (unpaired) electrons. The maximum Gasteiger partial charge on any atom is 0.392 e. The highest BCUT2D eigenvalue weighted by molar-refractivity contribution is 5.39. The first-order valence-electron chi connectivity index (χ1n) is 4.93. The monoisotopic (exact) mass is 250 g/mol. The van der Waals surface area contributed by atoms with Crippen molar-refractivity contribution in [1.29, 1.82) is 0 Å². The van der Waals surface area contributed by atoms with E-state index in [9.17, 15) is 13.2 Å². The van der Waals surface area contributed by atoms with Crippen LogP contribution in [0.1, 0.15) is 12.0 Å². The fourth-order valence-electron chi connectivity index (χ4n) is 1.22. The SMILES string of the molecule is COc1ccc(OCCC(F)(F)F)c(CO)c1. The van der Waals surface area contributed by atoms with Crippen molar-refractivity contribution in [3.63, 3.8) is 0 Å². The molecule has 0 fully saturated rings. The summed E-state index contributed by atoms with van der Waals surface area (Å²) in [7, 11) is 1.46. The molecule has 6 heteroatoms. The summed E-state index contributed by atoms with van der Waals surface area (Å²) in [5, 5.41) is 9.04. The summed E-state index contributed by atoms with van der Waals surface area (Å²) < 4.78 is 45.6. The van der Waals surface area contributed by atoms with Crippen LogP contribution >= 0.6 is 0 Å². The van der Waals surface area contributed by atoms with E-state index in [1.54, 1.807) is 6.07 Å². The molecule has 1 N–H and O–H groups in total. The van der Waals surface area contributed by atoms with Crippen molar-refractivity contribution in [2.75, 3.05) is 13.7 Å². The van der Waals surface area contributed by atoms with Crippen LogP contribution in [0, 0.1) is 0 Å². The number of hydrogen-bond donors (Lipinski definition) is 1. The summed E-state index contributed by atoms with van der Waals surface area (Å²) in [6.07, 6.45) is -5.27. The molecule has 96 valence electrons. The van der Waals surface area contributed by atoms with Crippen molar-refractivity contribution in [3.05, 3.63) is 23.8 Å². The lowest BCUT2D eigenvalue weighted by molar-refractivity contribution is -0.139. The first-order valence-corrected chi connectivity index (χ1v) is 4.93. The summed E-state index contributed by atoms with van der Waals surface area (Å²) in [5.41, 5.74) is 0.395. The highest BCUT2D eigenvalue weighted by atomic mass is 19.4. The smallest absolute Gasteiger partial charge is 0.392 e. The average Bonchev–Trinajstić information content (AvgIpc) is 2.27. The molecular weight excluding hydrogens is 237 g/mol. The maximum atomic E-state index is 11.9. The second-order valence-electron chi connectivity index (χ2n) is 3.35. The number of methoxy groups -OCH3 is 1. The highest BCUT2D eigenvalue weighted by Gasteiger charge is 2.26. The Kier molecular flexibility index (Phi) is 4.62. The zero-order chi connectivity index (χ0) is 12.9. The summed E-state index contributed by atoms with van der Waals surface area (Å²) in [4.78, 5) is 0. The predicted molar refractivity (Wildman–Crippen MR) is 55.1 cm³/mol. The number of alkyl halides is 3. The van der Waals surface area contributed by atoms with Crippen LogP contribution in [0.15, 0.2) is 18.2 Å². The Morgan fingerprint density at radius 1 is 1.29 bits per heavy atom. The Morgan fingerprint density at radius 2 is 2.00 bits per heavy atom. The Labute approximate surface area is 96.8 Å². The first kappa shape index (κ1) is 13.6. The van der Waals surface area contributed by atoms with E-state index in [0.717, 1.165) is 0 Å². The van der Waals surface area contributed by atoms with Gasteiger partial charge in [0.15, 0.2) is 0 Å². The van der Waals surface area contributed by atoms with E-state index >= 15 is 0 Å². The van der Waals surface area contributed by atoms with Crippen molar-refractivity contribution in [1.82, 2.24) is 0 Å². The van der Waals surface area contributed by atoms with Gasteiger partial charge in [-0.3, -0.25) is 0 Å². The van der Waals surface area contributed by atoms with Crippen LogP contribution in [0.25, 0.3) is 0 Å². The van der Waals surface area contributed by atoms with E-state index in [-0.39, 0.29) is 12.4 Å². The van der Waals surface area contributed by atoms with E-state index in [1.807, 2.05) is 0 Å². The van der Waals surface area contributed by atoms with Crippen LogP contribution in [-0.4, -0.2) is 25.0 Å². The molecule has 0 aliphatic carbocycles. The molecule has 0 atom stereocenters. The standard InChI is InChI=1S/C11H13F3O3/c1-16-9-2-3-10(8(6-9)7-15)17-5-4-11(12,13)14/h2-3,6,15H,4-5,7H2,1H3. The second kappa shape index (κ2) is 5.77. The van der Waals surface area contributed by atoms with Crippen molar-refractivity contribution in [2.45, 2.75) is 19.2 Å². The van der Waals surface area contributed by atoms with Crippen molar-refractivity contribution in [2.24, 2.45) is 0 Å². The van der Waals surface area contributed by atoms with E-state index in [4.69, 9.17) is 14.6 Å². The zero-order valence-electron chi connectivity index (χ0n) is 9.25. The largest absolute Gasteiger partial charge is 0.497 e. The minimum Gasteiger partial charge on any atom is -0.497 e. The van der Waals surface area contributed by atoms with Gasteiger partial charge in [0.2, 0.25) is 0 Å². The van der Waals surface area contributed by atoms with E-state index in [1.165, 1.54) is 19.2 Å². The molecule has 1 aromatic carbocycles. The van der Waals surface area contributed by atoms with Gasteiger partial charge in [0.1, 0.15) is 11.5 Å². The van der Waals surface area contributed by atoms with E-state index in [2.05, 4.69) is 0 Å². The van der Waals surface area contributed by atoms with Gasteiger partial charge in [0, 0.05) is 5.56 Å². The third-order valence-corrected chi connectivity index (χ3v) is 2.08. The normalized spacial score (nSPS) is 11.4. The van der Waals surface area contributed by atoms with Gasteiger partial charge in [-0.05, 0) is 18.2 Å². The van der Waals surface area contributed by atoms with Gasteiger partial charge in [-0.2, -0.15) is 13.2 Å². The molecule has 0 unspecified atom stereocenters. The van der Waals surface area contributed by atoms with Gasteiger partial charge in [0.05, 0.1) is 26.7 Å². The molecule has 0 aliphatic rings. The zero-order valence-corrected chi connectivity index (χ0v) is 9.25. The minimum atomic E-state index is -4.24. The maximum absolute atomic E-state index is 11.9. The molecule has 3 nitrogen and oxygen atoms in total. The van der Waals surface area contributed by atoms with E-state index < -0.39 is 19.2 Å². The van der Waals surface area contributed by atoms with Crippen LogP contribution in [0.5, 0.6) is 11.5 Å². The van der Waals surface area contributed by atoms with Crippen LogP contribution < -0.4 is 9.47 Å². The molecule has 0 saturated heterocycles. The number of aliphatic hydroxyl groups is 1. The second-order valence-corrected chi connectivity index (χ2v) is 3.35. The quantitative estimate of drug-likeness (QED) is 0.872. The summed E-state index contributed by atoms with van der Waals surface area (Å²) in [6, 6.07) is 4.55. The molecule has 17 heavy (non-hydrogen) atoms. The fourth-order valence-corrected chi connectivity index (χ4v) is 1.22. The lowest BCUT2D eigenvalue weighted by Gasteiger charge is -2.12. The fraction of sp³-hybridized carbons (Fsp3) is 0.455. The first-order chi connectivity index (χ1) is 7.96. The van der Waals surface area contributed by atoms with Gasteiger partial charge in [-0.1, -0.05) is 0 Å². The number of benzene rings is 1. The number of hydrogen-bond acceptors (Lipinski definition) is 3. The Balaban J connectivity index is 2.64. The summed E-state index contributed by atoms with van der Waals surface area (Å²) in [6.45, 7) is -0.790. The molecule has 1 rings (SSSR count). The Hall–Kier alpha value is -1.43. The highest BCUT2D eigenvalue weighted by Crippen LogP contribution is 2.25. The third-order valence-electron chi connectivity index (χ3n) is 2.08. The van der Waals surface area contributed by atoms with Crippen molar-refractivity contribution in [3.8, 4) is 11.5 Å². The Bertz CT molecular complexity index is 363. The van der Waals surface area contributed by atoms with Crippen molar-refractivity contribution >= 4 is 0 Å². The number of ether oxygens (including phenoxy) is 2. The molecule has 0 saturated carbocycles. The van der Waals surface area contributed by atoms with Crippen LogP contribution in [0.4, 0.5) is 13.2 Å². The van der Waals surface area contributed by atoms with Gasteiger partial charge in [-0.15, -0.1) is 0 Å². The molecule has 0 amide bonds. The molecule has 0 bridgehead atoms. The van der Waals surface area contributed by atoms with Gasteiger partial charge in [-0.25, -0.2) is 0 Å². The van der Waals surface area contributed by atoms with Crippen molar-refractivity contribution < 1.29 is 27.8 Å². The lowest BCUT2D eigenvalue weighted by Crippen LogP contribution is -2.13. The molecule has 1 aromatic rings. The molecule has 0 aliphatic heterocycles. The molecule has 0 spiro atoms.